The molecule has 0 aromatic rings. The third-order valence-electron chi connectivity index (χ3n) is 8.18. The Morgan fingerprint density at radius 2 is 1.02 bits per heavy atom. The van der Waals surface area contributed by atoms with Crippen LogP contribution < -0.4 is 5.32 Å². The number of hydrogen-bond acceptors (Lipinski definition) is 10. The predicted molar refractivity (Wildman–Crippen MR) is 205 cm³/mol. The number of nitrogens with one attached hydrogen (secondary N) is 1. The van der Waals surface area contributed by atoms with Crippen molar-refractivity contribution in [1.29, 1.82) is 10.5 Å². The van der Waals surface area contributed by atoms with Crippen LogP contribution in [0.2, 0.25) is 0 Å². The summed E-state index contributed by atoms with van der Waals surface area (Å²) in [4.78, 5) is 45.9. The van der Waals surface area contributed by atoms with E-state index in [9.17, 15) is 14.4 Å². The van der Waals surface area contributed by atoms with Crippen molar-refractivity contribution in [3.63, 3.8) is 0 Å². The van der Waals surface area contributed by atoms with E-state index in [4.69, 9.17) is 20.7 Å². The van der Waals surface area contributed by atoms with Crippen LogP contribution >= 0.6 is 0 Å². The summed E-state index contributed by atoms with van der Waals surface area (Å²) >= 11 is 0. The first kappa shape index (κ1) is 50.3. The molecule has 51 heavy (non-hydrogen) atoms. The van der Waals surface area contributed by atoms with Gasteiger partial charge in [-0.05, 0) is 97.1 Å². The van der Waals surface area contributed by atoms with Crippen molar-refractivity contribution in [3.05, 3.63) is 0 Å². The van der Waals surface area contributed by atoms with Crippen molar-refractivity contribution in [3.8, 4) is 12.1 Å². The Morgan fingerprint density at radius 3 is 1.39 bits per heavy atom. The van der Waals surface area contributed by atoms with Crippen molar-refractivity contribution in [2.45, 2.75) is 118 Å². The third-order valence-corrected chi connectivity index (χ3v) is 8.18. The Balaban J connectivity index is 0. The summed E-state index contributed by atoms with van der Waals surface area (Å²) < 4.78 is 0. The number of rotatable bonds is 25. The second-order valence-corrected chi connectivity index (χ2v) is 13.1. The first-order valence-electron chi connectivity index (χ1n) is 19.6. The minimum Gasteiger partial charge on any atom is -0.394 e. The maximum Gasteiger partial charge on any atom is 0.236 e. The Bertz CT molecular complexity index is 912. The highest BCUT2D eigenvalue weighted by Crippen LogP contribution is 2.09. The monoisotopic (exact) mass is 723 g/mol. The molecular formula is C38H74N8O5. The van der Waals surface area contributed by atoms with Crippen LogP contribution in [0.3, 0.4) is 0 Å². The van der Waals surface area contributed by atoms with Gasteiger partial charge in [0.05, 0.1) is 63.9 Å². The van der Waals surface area contributed by atoms with Crippen molar-refractivity contribution in [1.82, 2.24) is 29.8 Å². The molecule has 13 nitrogen and oxygen atoms in total. The number of piperidine rings is 1. The summed E-state index contributed by atoms with van der Waals surface area (Å²) in [6.07, 6.45) is 10.6. The van der Waals surface area contributed by atoms with E-state index in [2.05, 4.69) is 61.6 Å². The summed E-state index contributed by atoms with van der Waals surface area (Å²) in [5.74, 6) is 0.212. The fraction of sp³-hybridized carbons (Fsp3) is 0.868. The molecule has 0 atom stereocenters. The topological polar surface area (TPSA) is 167 Å². The molecule has 0 spiro atoms. The molecule has 0 saturated carbocycles. The number of amides is 3. The van der Waals surface area contributed by atoms with Crippen LogP contribution in [-0.4, -0.2) is 157 Å². The fourth-order valence-corrected chi connectivity index (χ4v) is 5.79. The van der Waals surface area contributed by atoms with Gasteiger partial charge >= 0.3 is 0 Å². The molecule has 1 saturated heterocycles. The van der Waals surface area contributed by atoms with Crippen molar-refractivity contribution < 1.29 is 24.6 Å². The fourth-order valence-electron chi connectivity index (χ4n) is 5.79. The van der Waals surface area contributed by atoms with E-state index >= 15 is 0 Å². The highest BCUT2D eigenvalue weighted by molar-refractivity contribution is 5.79. The van der Waals surface area contributed by atoms with Crippen LogP contribution in [0.1, 0.15) is 112 Å². The number of nitrogens with zero attached hydrogens (tertiary/aromatic N) is 7. The van der Waals surface area contributed by atoms with E-state index in [1.807, 2.05) is 17.0 Å². The maximum absolute atomic E-state index is 12.2. The van der Waals surface area contributed by atoms with Gasteiger partial charge in [0, 0.05) is 26.2 Å². The van der Waals surface area contributed by atoms with Crippen LogP contribution in [0.5, 0.6) is 0 Å². The summed E-state index contributed by atoms with van der Waals surface area (Å²) in [5, 5.41) is 37.5. The molecule has 296 valence electrons. The molecule has 1 rings (SSSR count). The second-order valence-electron chi connectivity index (χ2n) is 13.1. The number of carbonyl (C=O) groups is 3. The Labute approximate surface area is 310 Å². The lowest BCUT2D eigenvalue weighted by atomic mass is 10.1. The first-order valence-corrected chi connectivity index (χ1v) is 19.6. The highest BCUT2D eigenvalue weighted by atomic mass is 16.3. The molecule has 3 amide bonds. The standard InChI is InChI=1S/C14H24N4O.C13H26N2O.C11H24N2O3/c1-3-9-17(10-4-2)13-14(19)18(11-5-7-15)12-6-8-16;1-3-8-14(9-4-2)12-13(16)15-10-6-5-7-11-15;1-3-5-13(6-4-2)7-11(16)12-10(8-14)9-15/h3-6,9-13H2,1-2H3;3-12H2,1-2H3;10,14-15H,3-9H2,1-2H3,(H,12,16). The zero-order valence-electron chi connectivity index (χ0n) is 33.2. The second kappa shape index (κ2) is 35.6. The van der Waals surface area contributed by atoms with Gasteiger partial charge < -0.3 is 25.3 Å². The molecule has 0 aliphatic carbocycles. The lowest BCUT2D eigenvalue weighted by molar-refractivity contribution is -0.133. The molecule has 1 fully saturated rings. The van der Waals surface area contributed by atoms with Gasteiger partial charge in [0.15, 0.2) is 0 Å². The number of hydrogen-bond donors (Lipinski definition) is 3. The van der Waals surface area contributed by atoms with Gasteiger partial charge in [-0.25, -0.2) is 0 Å². The van der Waals surface area contributed by atoms with E-state index in [1.165, 1.54) is 19.3 Å². The van der Waals surface area contributed by atoms with E-state index in [0.29, 0.717) is 51.5 Å². The molecule has 1 aliphatic heterocycles. The van der Waals surface area contributed by atoms with E-state index < -0.39 is 6.04 Å². The lowest BCUT2D eigenvalue weighted by Crippen LogP contribution is -2.45. The predicted octanol–water partition coefficient (Wildman–Crippen LogP) is 3.46. The largest absolute Gasteiger partial charge is 0.394 e. The number of carbonyl (C=O) groups excluding carboxylic acids is 3. The van der Waals surface area contributed by atoms with Crippen LogP contribution in [0.4, 0.5) is 0 Å². The van der Waals surface area contributed by atoms with Gasteiger partial charge in [-0.15, -0.1) is 0 Å². The Morgan fingerprint density at radius 1 is 0.627 bits per heavy atom. The van der Waals surface area contributed by atoms with Crippen molar-refractivity contribution in [2.75, 3.05) is 98.3 Å². The zero-order chi connectivity index (χ0) is 38.7. The summed E-state index contributed by atoms with van der Waals surface area (Å²) in [5.41, 5.74) is 0. The summed E-state index contributed by atoms with van der Waals surface area (Å²) in [6, 6.07) is 3.54. The third kappa shape index (κ3) is 27.5. The molecule has 0 aromatic carbocycles. The summed E-state index contributed by atoms with van der Waals surface area (Å²) in [6.45, 7) is 22.1. The average Bonchev–Trinajstić information content (AvgIpc) is 3.12. The quantitative estimate of drug-likeness (QED) is 0.127. The number of aliphatic hydroxyl groups excluding tert-OH is 2. The Kier molecular flexibility index (Phi) is 35.1. The summed E-state index contributed by atoms with van der Waals surface area (Å²) in [7, 11) is 0. The number of aliphatic hydroxyl groups is 2. The highest BCUT2D eigenvalue weighted by Gasteiger charge is 2.19. The minimum absolute atomic E-state index is 0.0207. The molecule has 1 aliphatic rings. The van der Waals surface area contributed by atoms with Gasteiger partial charge in [0.2, 0.25) is 17.7 Å². The maximum atomic E-state index is 12.2. The van der Waals surface area contributed by atoms with Crippen LogP contribution in [-0.2, 0) is 14.4 Å². The first-order chi connectivity index (χ1) is 24.6. The smallest absolute Gasteiger partial charge is 0.236 e. The molecule has 13 heteroatoms. The normalized spacial score (nSPS) is 12.5. The lowest BCUT2D eigenvalue weighted by Gasteiger charge is -2.29. The SMILES string of the molecule is CCCN(CCC)CC(=O)N(CCC#N)CCC#N.CCCN(CCC)CC(=O)N1CCCCC1.CCCN(CCC)CC(=O)NC(CO)CO. The van der Waals surface area contributed by atoms with Gasteiger partial charge in [-0.2, -0.15) is 10.5 Å². The number of nitriles is 2. The van der Waals surface area contributed by atoms with E-state index in [0.717, 1.165) is 90.9 Å². The van der Waals surface area contributed by atoms with E-state index in [1.54, 1.807) is 4.90 Å². The van der Waals surface area contributed by atoms with Gasteiger partial charge in [-0.3, -0.25) is 29.1 Å². The van der Waals surface area contributed by atoms with Crippen molar-refractivity contribution in [2.24, 2.45) is 0 Å². The molecular weight excluding hydrogens is 648 g/mol. The molecule has 1 heterocycles. The molecule has 0 radical (unpaired) electrons. The van der Waals surface area contributed by atoms with Gasteiger partial charge in [0.1, 0.15) is 0 Å². The van der Waals surface area contributed by atoms with Crippen LogP contribution in [0.15, 0.2) is 0 Å². The molecule has 0 bridgehead atoms. The van der Waals surface area contributed by atoms with Gasteiger partial charge in [0.25, 0.3) is 0 Å². The van der Waals surface area contributed by atoms with Crippen LogP contribution in [0.25, 0.3) is 0 Å². The zero-order valence-corrected chi connectivity index (χ0v) is 33.2. The average molecular weight is 723 g/mol. The number of likely N-dealkylation sites (tertiary alicyclic amines) is 1. The molecule has 3 N–H and O–H groups in total. The van der Waals surface area contributed by atoms with Crippen LogP contribution in [0, 0.1) is 22.7 Å². The van der Waals surface area contributed by atoms with E-state index in [-0.39, 0.29) is 25.0 Å². The molecule has 0 unspecified atom stereocenters. The Hall–Kier alpha value is -2.81. The minimum atomic E-state index is -0.544. The van der Waals surface area contributed by atoms with Crippen molar-refractivity contribution >= 4 is 17.7 Å². The van der Waals surface area contributed by atoms with Gasteiger partial charge in [-0.1, -0.05) is 41.5 Å². The molecule has 0 aromatic heterocycles.